The SMILES string of the molecule is CCNCC(O)C(c1ccccc1)c1ccc(Sc2ccccc2)cc1. The molecule has 0 radical (unpaired) electrons. The maximum Gasteiger partial charge on any atom is 0.0773 e. The molecule has 0 aliphatic heterocycles. The summed E-state index contributed by atoms with van der Waals surface area (Å²) in [6.07, 6.45) is -0.468. The highest BCUT2D eigenvalue weighted by molar-refractivity contribution is 7.99. The predicted octanol–water partition coefficient (Wildman–Crippen LogP) is 4.94. The molecule has 26 heavy (non-hydrogen) atoms. The van der Waals surface area contributed by atoms with E-state index in [1.54, 1.807) is 11.8 Å². The molecule has 0 saturated carbocycles. The van der Waals surface area contributed by atoms with E-state index >= 15 is 0 Å². The first-order valence-electron chi connectivity index (χ1n) is 9.04. The normalized spacial score (nSPS) is 13.3. The Morgan fingerprint density at radius 2 is 1.31 bits per heavy atom. The lowest BCUT2D eigenvalue weighted by Crippen LogP contribution is -2.32. The molecule has 2 unspecified atom stereocenters. The molecule has 3 heteroatoms. The van der Waals surface area contributed by atoms with Gasteiger partial charge in [-0.2, -0.15) is 0 Å². The number of benzene rings is 3. The van der Waals surface area contributed by atoms with E-state index in [4.69, 9.17) is 0 Å². The van der Waals surface area contributed by atoms with Crippen molar-refractivity contribution < 1.29 is 5.11 Å². The van der Waals surface area contributed by atoms with E-state index in [1.807, 2.05) is 24.3 Å². The van der Waals surface area contributed by atoms with Crippen LogP contribution in [0.4, 0.5) is 0 Å². The summed E-state index contributed by atoms with van der Waals surface area (Å²) in [4.78, 5) is 2.43. The summed E-state index contributed by atoms with van der Waals surface area (Å²) in [7, 11) is 0. The van der Waals surface area contributed by atoms with Crippen LogP contribution in [0.25, 0.3) is 0 Å². The van der Waals surface area contributed by atoms with Gasteiger partial charge in [0.1, 0.15) is 0 Å². The Bertz CT molecular complexity index is 774. The van der Waals surface area contributed by atoms with E-state index < -0.39 is 6.10 Å². The summed E-state index contributed by atoms with van der Waals surface area (Å²) < 4.78 is 0. The lowest BCUT2D eigenvalue weighted by Gasteiger charge is -2.24. The van der Waals surface area contributed by atoms with Gasteiger partial charge in [-0.1, -0.05) is 79.3 Å². The van der Waals surface area contributed by atoms with Crippen molar-refractivity contribution in [3.05, 3.63) is 96.1 Å². The van der Waals surface area contributed by atoms with E-state index in [-0.39, 0.29) is 5.92 Å². The molecule has 2 nitrogen and oxygen atoms in total. The van der Waals surface area contributed by atoms with Gasteiger partial charge in [0.15, 0.2) is 0 Å². The Balaban J connectivity index is 1.82. The van der Waals surface area contributed by atoms with Gasteiger partial charge < -0.3 is 10.4 Å². The molecule has 0 aliphatic carbocycles. The average molecular weight is 364 g/mol. The molecule has 0 fully saturated rings. The fourth-order valence-corrected chi connectivity index (χ4v) is 3.91. The molecule has 0 amide bonds. The Morgan fingerprint density at radius 1 is 0.769 bits per heavy atom. The van der Waals surface area contributed by atoms with Crippen LogP contribution < -0.4 is 5.32 Å². The maximum absolute atomic E-state index is 10.8. The van der Waals surface area contributed by atoms with E-state index in [2.05, 4.69) is 72.9 Å². The van der Waals surface area contributed by atoms with E-state index in [0.717, 1.165) is 17.7 Å². The first-order valence-corrected chi connectivity index (χ1v) is 9.86. The summed E-state index contributed by atoms with van der Waals surface area (Å²) >= 11 is 1.75. The Hall–Kier alpha value is -2.07. The molecular weight excluding hydrogens is 338 g/mol. The minimum atomic E-state index is -0.468. The molecule has 3 aromatic carbocycles. The van der Waals surface area contributed by atoms with Gasteiger partial charge in [0.25, 0.3) is 0 Å². The van der Waals surface area contributed by atoms with Crippen LogP contribution in [-0.4, -0.2) is 24.3 Å². The van der Waals surface area contributed by atoms with Gasteiger partial charge in [0.05, 0.1) is 6.10 Å². The number of nitrogens with one attached hydrogen (secondary N) is 1. The van der Waals surface area contributed by atoms with Crippen LogP contribution in [0.5, 0.6) is 0 Å². The molecule has 0 aliphatic rings. The van der Waals surface area contributed by atoms with Crippen LogP contribution in [-0.2, 0) is 0 Å². The van der Waals surface area contributed by atoms with Crippen molar-refractivity contribution in [1.29, 1.82) is 0 Å². The van der Waals surface area contributed by atoms with Gasteiger partial charge in [-0.3, -0.25) is 0 Å². The van der Waals surface area contributed by atoms with Crippen LogP contribution >= 0.6 is 11.8 Å². The van der Waals surface area contributed by atoms with Gasteiger partial charge in [-0.15, -0.1) is 0 Å². The van der Waals surface area contributed by atoms with Crippen molar-refractivity contribution in [2.45, 2.75) is 28.7 Å². The average Bonchev–Trinajstić information content (AvgIpc) is 2.69. The second kappa shape index (κ2) is 9.58. The molecule has 3 rings (SSSR count). The molecule has 0 aromatic heterocycles. The fraction of sp³-hybridized carbons (Fsp3) is 0.217. The zero-order chi connectivity index (χ0) is 18.2. The highest BCUT2D eigenvalue weighted by atomic mass is 32.2. The summed E-state index contributed by atoms with van der Waals surface area (Å²) in [6.45, 7) is 3.49. The molecule has 2 N–H and O–H groups in total. The van der Waals surface area contributed by atoms with Crippen molar-refractivity contribution in [1.82, 2.24) is 5.32 Å². The lowest BCUT2D eigenvalue weighted by molar-refractivity contribution is 0.154. The fourth-order valence-electron chi connectivity index (χ4n) is 3.08. The van der Waals surface area contributed by atoms with Crippen LogP contribution in [0.15, 0.2) is 94.7 Å². The number of hydrogen-bond acceptors (Lipinski definition) is 3. The van der Waals surface area contributed by atoms with Gasteiger partial charge in [-0.05, 0) is 41.9 Å². The molecule has 134 valence electrons. The summed E-state index contributed by atoms with van der Waals surface area (Å²) in [5, 5.41) is 14.0. The van der Waals surface area contributed by atoms with Crippen molar-refractivity contribution in [3.63, 3.8) is 0 Å². The van der Waals surface area contributed by atoms with Crippen LogP contribution in [0.2, 0.25) is 0 Å². The lowest BCUT2D eigenvalue weighted by atomic mass is 9.86. The van der Waals surface area contributed by atoms with E-state index in [9.17, 15) is 5.11 Å². The van der Waals surface area contributed by atoms with Gasteiger partial charge in [0, 0.05) is 22.3 Å². The maximum atomic E-state index is 10.8. The number of hydrogen-bond donors (Lipinski definition) is 2. The smallest absolute Gasteiger partial charge is 0.0773 e. The molecule has 3 aromatic rings. The summed E-state index contributed by atoms with van der Waals surface area (Å²) in [5.41, 5.74) is 2.28. The van der Waals surface area contributed by atoms with Crippen molar-refractivity contribution in [3.8, 4) is 0 Å². The zero-order valence-electron chi connectivity index (χ0n) is 15.0. The summed E-state index contributed by atoms with van der Waals surface area (Å²) in [6, 6.07) is 29.2. The first kappa shape index (κ1) is 18.7. The quantitative estimate of drug-likeness (QED) is 0.594. The van der Waals surface area contributed by atoms with Gasteiger partial charge in [-0.25, -0.2) is 0 Å². The van der Waals surface area contributed by atoms with Crippen molar-refractivity contribution >= 4 is 11.8 Å². The van der Waals surface area contributed by atoms with Crippen molar-refractivity contribution in [2.75, 3.05) is 13.1 Å². The highest BCUT2D eigenvalue weighted by Gasteiger charge is 2.22. The zero-order valence-corrected chi connectivity index (χ0v) is 15.8. The van der Waals surface area contributed by atoms with Crippen LogP contribution in [0.1, 0.15) is 24.0 Å². The summed E-state index contributed by atoms with van der Waals surface area (Å²) in [5.74, 6) is -0.0361. The third-order valence-electron chi connectivity index (χ3n) is 4.37. The first-order chi connectivity index (χ1) is 12.8. The van der Waals surface area contributed by atoms with E-state index in [1.165, 1.54) is 9.79 Å². The predicted molar refractivity (Wildman–Crippen MR) is 110 cm³/mol. The number of aliphatic hydroxyl groups excluding tert-OH is 1. The molecule has 0 saturated heterocycles. The largest absolute Gasteiger partial charge is 0.391 e. The standard InChI is InChI=1S/C23H25NOS/c1-2-24-17-22(25)23(18-9-5-3-6-10-18)19-13-15-21(16-14-19)26-20-11-7-4-8-12-20/h3-16,22-25H,2,17H2,1H3. The third kappa shape index (κ3) is 4.98. The topological polar surface area (TPSA) is 32.3 Å². The third-order valence-corrected chi connectivity index (χ3v) is 5.38. The molecule has 0 spiro atoms. The monoisotopic (exact) mass is 363 g/mol. The minimum Gasteiger partial charge on any atom is -0.391 e. The Labute approximate surface area is 160 Å². The molecule has 0 bridgehead atoms. The Kier molecular flexibility index (Phi) is 6.89. The second-order valence-electron chi connectivity index (χ2n) is 6.25. The Morgan fingerprint density at radius 3 is 1.92 bits per heavy atom. The van der Waals surface area contributed by atoms with E-state index in [0.29, 0.717) is 6.54 Å². The second-order valence-corrected chi connectivity index (χ2v) is 7.39. The van der Waals surface area contributed by atoms with Crippen LogP contribution in [0.3, 0.4) is 0 Å². The van der Waals surface area contributed by atoms with Gasteiger partial charge >= 0.3 is 0 Å². The number of rotatable bonds is 8. The number of aliphatic hydroxyl groups is 1. The van der Waals surface area contributed by atoms with Crippen molar-refractivity contribution in [2.24, 2.45) is 0 Å². The highest BCUT2D eigenvalue weighted by Crippen LogP contribution is 2.32. The van der Waals surface area contributed by atoms with Gasteiger partial charge in [0.2, 0.25) is 0 Å². The minimum absolute atomic E-state index is 0.0361. The van der Waals surface area contributed by atoms with Crippen LogP contribution in [0, 0.1) is 0 Å². The molecule has 2 atom stereocenters. The molecule has 0 heterocycles. The molecular formula is C23H25NOS. The number of likely N-dealkylation sites (N-methyl/N-ethyl adjacent to an activating group) is 1.